The molecule has 94 valence electrons. The molecule has 0 spiro atoms. The quantitative estimate of drug-likeness (QED) is 0.474. The first kappa shape index (κ1) is 14.8. The second kappa shape index (κ2) is 7.11. The van der Waals surface area contributed by atoms with E-state index in [-0.39, 0.29) is 6.04 Å². The third kappa shape index (κ3) is 6.78. The Hall–Kier alpha value is -2.23. The van der Waals surface area contributed by atoms with E-state index in [1.54, 1.807) is 6.92 Å². The van der Waals surface area contributed by atoms with Crippen molar-refractivity contribution in [3.63, 3.8) is 0 Å². The van der Waals surface area contributed by atoms with Crippen LogP contribution in [0.5, 0.6) is 0 Å². The summed E-state index contributed by atoms with van der Waals surface area (Å²) in [7, 11) is 0. The van der Waals surface area contributed by atoms with Gasteiger partial charge < -0.3 is 20.8 Å². The molecule has 7 nitrogen and oxygen atoms in total. The molecule has 1 unspecified atom stereocenters. The van der Waals surface area contributed by atoms with Gasteiger partial charge in [-0.1, -0.05) is 0 Å². The number of urea groups is 1. The van der Waals surface area contributed by atoms with Crippen LogP contribution in [0.3, 0.4) is 0 Å². The Morgan fingerprint density at radius 1 is 1.29 bits per heavy atom. The molecule has 0 radical (unpaired) electrons. The van der Waals surface area contributed by atoms with Gasteiger partial charge in [0.2, 0.25) is 0 Å². The minimum Gasteiger partial charge on any atom is -0.481 e. The van der Waals surface area contributed by atoms with Crippen LogP contribution in [0.4, 0.5) is 4.79 Å². The van der Waals surface area contributed by atoms with Crippen LogP contribution >= 0.6 is 0 Å². The zero-order valence-corrected chi connectivity index (χ0v) is 9.27. The highest BCUT2D eigenvalue weighted by molar-refractivity contribution is 5.86. The van der Waals surface area contributed by atoms with E-state index in [2.05, 4.69) is 11.2 Å². The van der Waals surface area contributed by atoms with Gasteiger partial charge in [-0.15, -0.1) is 12.3 Å². The number of hydrogen-bond acceptors (Lipinski definition) is 3. The van der Waals surface area contributed by atoms with Crippen molar-refractivity contribution in [3.8, 4) is 12.3 Å². The minimum absolute atomic E-state index is 0.296. The molecular weight excluding hydrogens is 228 g/mol. The van der Waals surface area contributed by atoms with E-state index >= 15 is 0 Å². The van der Waals surface area contributed by atoms with E-state index in [0.29, 0.717) is 6.42 Å². The molecule has 0 aromatic carbocycles. The van der Waals surface area contributed by atoms with Crippen molar-refractivity contribution >= 4 is 18.0 Å². The maximum Gasteiger partial charge on any atom is 0.326 e. The van der Waals surface area contributed by atoms with Crippen LogP contribution in [-0.4, -0.2) is 40.3 Å². The molecule has 0 heterocycles. The number of aliphatic carboxylic acids is 2. The van der Waals surface area contributed by atoms with Gasteiger partial charge in [-0.25, -0.2) is 9.59 Å². The molecular formula is C10H14N2O5. The van der Waals surface area contributed by atoms with Gasteiger partial charge in [0.05, 0.1) is 6.42 Å². The van der Waals surface area contributed by atoms with Gasteiger partial charge in [0.25, 0.3) is 0 Å². The summed E-state index contributed by atoms with van der Waals surface area (Å²) in [5, 5.41) is 21.5. The predicted molar refractivity (Wildman–Crippen MR) is 58.3 cm³/mol. The van der Waals surface area contributed by atoms with Gasteiger partial charge in [0, 0.05) is 12.5 Å². The molecule has 0 aliphatic carbocycles. The second-order valence-corrected chi connectivity index (χ2v) is 3.42. The Morgan fingerprint density at radius 2 is 1.88 bits per heavy atom. The molecule has 0 bridgehead atoms. The van der Waals surface area contributed by atoms with Crippen LogP contribution in [0, 0.1) is 12.3 Å². The average Bonchev–Trinajstić information content (AvgIpc) is 2.15. The molecule has 0 aliphatic heterocycles. The molecule has 0 saturated carbocycles. The Morgan fingerprint density at radius 3 is 2.29 bits per heavy atom. The molecule has 0 rings (SSSR count). The van der Waals surface area contributed by atoms with Crippen LogP contribution < -0.4 is 10.6 Å². The largest absolute Gasteiger partial charge is 0.481 e. The van der Waals surface area contributed by atoms with Crippen LogP contribution in [0.1, 0.15) is 19.8 Å². The van der Waals surface area contributed by atoms with E-state index in [1.807, 2.05) is 5.32 Å². The monoisotopic (exact) mass is 242 g/mol. The standard InChI is InChI=1S/C10H14N2O5/c1-3-4-6(2)11-10(17)12-7(9(15)16)5-8(13)14/h1,6-7H,4-5H2,2H3,(H,13,14)(H,15,16)(H2,11,12,17)/t6?,7-/m1/s1. The summed E-state index contributed by atoms with van der Waals surface area (Å²) < 4.78 is 0. The lowest BCUT2D eigenvalue weighted by molar-refractivity contribution is -0.145. The molecule has 0 fully saturated rings. The highest BCUT2D eigenvalue weighted by Gasteiger charge is 2.23. The second-order valence-electron chi connectivity index (χ2n) is 3.42. The normalized spacial score (nSPS) is 12.9. The predicted octanol–water partition coefficient (Wildman–Crippen LogP) is -0.375. The fraction of sp³-hybridized carbons (Fsp3) is 0.500. The number of carbonyl (C=O) groups excluding carboxylic acids is 1. The summed E-state index contributed by atoms with van der Waals surface area (Å²) in [5.41, 5.74) is 0. The summed E-state index contributed by atoms with van der Waals surface area (Å²) in [6.45, 7) is 1.65. The zero-order valence-electron chi connectivity index (χ0n) is 9.27. The number of carbonyl (C=O) groups is 3. The Kier molecular flexibility index (Phi) is 6.18. The molecule has 17 heavy (non-hydrogen) atoms. The summed E-state index contributed by atoms with van der Waals surface area (Å²) in [5.74, 6) is -0.393. The lowest BCUT2D eigenvalue weighted by Gasteiger charge is -2.15. The Labute approximate surface area is 98.2 Å². The summed E-state index contributed by atoms with van der Waals surface area (Å²) in [6, 6.07) is -2.55. The van der Waals surface area contributed by atoms with Crippen molar-refractivity contribution in [3.05, 3.63) is 0 Å². The smallest absolute Gasteiger partial charge is 0.326 e. The van der Waals surface area contributed by atoms with Gasteiger partial charge in [0.15, 0.2) is 0 Å². The third-order valence-electron chi connectivity index (χ3n) is 1.78. The van der Waals surface area contributed by atoms with Crippen molar-refractivity contribution in [1.29, 1.82) is 0 Å². The molecule has 0 saturated heterocycles. The van der Waals surface area contributed by atoms with Crippen molar-refractivity contribution in [2.75, 3.05) is 0 Å². The van der Waals surface area contributed by atoms with Gasteiger partial charge in [-0.05, 0) is 6.92 Å². The van der Waals surface area contributed by atoms with E-state index in [4.69, 9.17) is 16.6 Å². The Bertz CT molecular complexity index is 347. The molecule has 7 heteroatoms. The first-order chi connectivity index (χ1) is 7.86. The fourth-order valence-corrected chi connectivity index (χ4v) is 1.03. The molecule has 0 aliphatic rings. The van der Waals surface area contributed by atoms with Crippen LogP contribution in [0.2, 0.25) is 0 Å². The van der Waals surface area contributed by atoms with Gasteiger partial charge in [-0.2, -0.15) is 0 Å². The number of terminal acetylenes is 1. The lowest BCUT2D eigenvalue weighted by atomic mass is 10.2. The van der Waals surface area contributed by atoms with Gasteiger partial charge in [0.1, 0.15) is 6.04 Å². The highest BCUT2D eigenvalue weighted by Crippen LogP contribution is 1.94. The topological polar surface area (TPSA) is 116 Å². The van der Waals surface area contributed by atoms with Gasteiger partial charge in [-0.3, -0.25) is 4.79 Å². The molecule has 0 aromatic rings. The number of hydrogen-bond donors (Lipinski definition) is 4. The van der Waals surface area contributed by atoms with Crippen LogP contribution in [0.25, 0.3) is 0 Å². The number of amides is 2. The summed E-state index contributed by atoms with van der Waals surface area (Å²) in [6.07, 6.45) is 4.63. The summed E-state index contributed by atoms with van der Waals surface area (Å²) in [4.78, 5) is 32.3. The Balaban J connectivity index is 4.27. The van der Waals surface area contributed by atoms with Crippen molar-refractivity contribution in [2.45, 2.75) is 31.8 Å². The van der Waals surface area contributed by atoms with Crippen LogP contribution in [-0.2, 0) is 9.59 Å². The van der Waals surface area contributed by atoms with E-state index in [0.717, 1.165) is 0 Å². The minimum atomic E-state index is -1.47. The average molecular weight is 242 g/mol. The maximum absolute atomic E-state index is 11.3. The number of carboxylic acids is 2. The molecule has 4 N–H and O–H groups in total. The first-order valence-corrected chi connectivity index (χ1v) is 4.82. The summed E-state index contributed by atoms with van der Waals surface area (Å²) >= 11 is 0. The molecule has 0 aromatic heterocycles. The number of rotatable bonds is 6. The van der Waals surface area contributed by atoms with Gasteiger partial charge >= 0.3 is 18.0 Å². The third-order valence-corrected chi connectivity index (χ3v) is 1.78. The van der Waals surface area contributed by atoms with Crippen LogP contribution in [0.15, 0.2) is 0 Å². The lowest BCUT2D eigenvalue weighted by Crippen LogP contribution is -2.49. The number of carboxylic acid groups (broad SMARTS) is 2. The number of nitrogens with one attached hydrogen (secondary N) is 2. The van der Waals surface area contributed by atoms with Crippen molar-refractivity contribution < 1.29 is 24.6 Å². The van der Waals surface area contributed by atoms with E-state index < -0.39 is 30.4 Å². The maximum atomic E-state index is 11.3. The zero-order chi connectivity index (χ0) is 13.4. The first-order valence-electron chi connectivity index (χ1n) is 4.82. The van der Waals surface area contributed by atoms with Crippen molar-refractivity contribution in [2.24, 2.45) is 0 Å². The van der Waals surface area contributed by atoms with Crippen molar-refractivity contribution in [1.82, 2.24) is 10.6 Å². The molecule has 2 atom stereocenters. The SMILES string of the molecule is C#CCC(C)NC(=O)N[C@H](CC(=O)O)C(=O)O. The van der Waals surface area contributed by atoms with E-state index in [1.165, 1.54) is 0 Å². The molecule has 2 amide bonds. The van der Waals surface area contributed by atoms with E-state index in [9.17, 15) is 14.4 Å². The highest BCUT2D eigenvalue weighted by atomic mass is 16.4. The fourth-order valence-electron chi connectivity index (χ4n) is 1.03.